The highest BCUT2D eigenvalue weighted by Gasteiger charge is 2.44. The zero-order valence-electron chi connectivity index (χ0n) is 24.7. The molecule has 0 aliphatic carbocycles. The minimum absolute atomic E-state index is 0.244. The highest BCUT2D eigenvalue weighted by Crippen LogP contribution is 2.36. The average Bonchev–Trinajstić information content (AvgIpc) is 3.47. The van der Waals surface area contributed by atoms with Gasteiger partial charge in [0.2, 0.25) is 0 Å². The van der Waals surface area contributed by atoms with Gasteiger partial charge in [0.1, 0.15) is 36.0 Å². The number of piperazine rings is 1. The van der Waals surface area contributed by atoms with Crippen LogP contribution in [0.25, 0.3) is 16.8 Å². The smallest absolute Gasteiger partial charge is 0.147 e. The second kappa shape index (κ2) is 11.0. The lowest BCUT2D eigenvalue weighted by atomic mass is 9.87. The summed E-state index contributed by atoms with van der Waals surface area (Å²) in [4.78, 5) is 14.3. The Morgan fingerprint density at radius 2 is 2.00 bits per heavy atom. The van der Waals surface area contributed by atoms with Gasteiger partial charge in [-0.25, -0.2) is 9.50 Å². The van der Waals surface area contributed by atoms with Gasteiger partial charge in [-0.05, 0) is 30.2 Å². The molecule has 0 saturated carbocycles. The van der Waals surface area contributed by atoms with Crippen molar-refractivity contribution in [3.63, 3.8) is 0 Å². The summed E-state index contributed by atoms with van der Waals surface area (Å²) < 4.78 is 35.2. The van der Waals surface area contributed by atoms with E-state index < -0.39 is 12.7 Å². The molecule has 4 aromatic rings. The highest BCUT2D eigenvalue weighted by molar-refractivity contribution is 5.83. The summed E-state index contributed by atoms with van der Waals surface area (Å²) in [6, 6.07) is 13.0. The fraction of sp³-hybridized carbons (Fsp3) is 0.400. The molecule has 1 aromatic carbocycles. The average molecular weight is 555 g/mol. The first-order chi connectivity index (χ1) is 20.9. The van der Waals surface area contributed by atoms with Gasteiger partial charge in [-0.2, -0.15) is 10.4 Å². The number of ether oxygens (including phenoxy) is 3. The Morgan fingerprint density at radius 1 is 1.15 bits per heavy atom. The summed E-state index contributed by atoms with van der Waals surface area (Å²) in [5.74, 6) is 1.91. The molecule has 11 nitrogen and oxygen atoms in total. The van der Waals surface area contributed by atoms with Crippen molar-refractivity contribution in [3.05, 3.63) is 66.2 Å². The molecule has 11 heteroatoms. The van der Waals surface area contributed by atoms with Gasteiger partial charge in [-0.3, -0.25) is 9.88 Å². The number of nitrogens with one attached hydrogen (secondary N) is 1. The zero-order valence-corrected chi connectivity index (χ0v) is 22.7. The van der Waals surface area contributed by atoms with Gasteiger partial charge in [0.05, 0.1) is 58.0 Å². The predicted octanol–water partition coefficient (Wildman–Crippen LogP) is 2.50. The number of piperidine rings is 1. The van der Waals surface area contributed by atoms with Crippen LogP contribution in [-0.4, -0.2) is 89.1 Å². The maximum atomic E-state index is 9.73. The molecule has 0 amide bonds. The van der Waals surface area contributed by atoms with Crippen LogP contribution in [0.2, 0.25) is 0 Å². The molecule has 8 rings (SSSR count). The molecule has 41 heavy (non-hydrogen) atoms. The second-order valence-electron chi connectivity index (χ2n) is 10.6. The highest BCUT2D eigenvalue weighted by atomic mass is 16.5. The van der Waals surface area contributed by atoms with E-state index in [1.165, 1.54) is 22.7 Å². The molecular formula is C30H32N8O3. The van der Waals surface area contributed by atoms with Gasteiger partial charge < -0.3 is 24.4 Å². The molecule has 7 heterocycles. The molecule has 4 saturated heterocycles. The molecule has 0 radical (unpaired) electrons. The Hall–Kier alpha value is -4.24. The lowest BCUT2D eigenvalue weighted by Gasteiger charge is -2.56. The van der Waals surface area contributed by atoms with Crippen molar-refractivity contribution in [1.82, 2.24) is 29.8 Å². The number of nitrogens with zero attached hydrogens (tertiary/aromatic N) is 7. The number of methoxy groups -OCH3 is 1. The minimum atomic E-state index is -2.09. The second-order valence-corrected chi connectivity index (χ2v) is 10.6. The van der Waals surface area contributed by atoms with E-state index >= 15 is 0 Å². The van der Waals surface area contributed by atoms with E-state index in [0.29, 0.717) is 54.1 Å². The van der Waals surface area contributed by atoms with E-state index in [-0.39, 0.29) is 5.75 Å². The van der Waals surface area contributed by atoms with Crippen molar-refractivity contribution in [3.8, 4) is 28.8 Å². The number of anilines is 1. The van der Waals surface area contributed by atoms with Crippen LogP contribution in [0.5, 0.6) is 11.5 Å². The van der Waals surface area contributed by atoms with E-state index in [4.69, 9.17) is 26.9 Å². The fourth-order valence-corrected chi connectivity index (χ4v) is 5.90. The van der Waals surface area contributed by atoms with Crippen molar-refractivity contribution in [2.45, 2.75) is 31.2 Å². The van der Waals surface area contributed by atoms with Crippen molar-refractivity contribution in [1.29, 1.82) is 5.26 Å². The molecular weight excluding hydrogens is 520 g/mol. The molecule has 4 aliphatic rings. The van der Waals surface area contributed by atoms with Crippen molar-refractivity contribution >= 4 is 11.3 Å². The maximum Gasteiger partial charge on any atom is 0.147 e. The number of pyridine rings is 1. The first-order valence-corrected chi connectivity index (χ1v) is 13.8. The van der Waals surface area contributed by atoms with Crippen molar-refractivity contribution < 1.29 is 17.0 Å². The van der Waals surface area contributed by atoms with Crippen LogP contribution in [0, 0.1) is 11.3 Å². The molecule has 4 fully saturated rings. The largest absolute Gasteiger partial charge is 0.497 e. The summed E-state index contributed by atoms with van der Waals surface area (Å²) in [6.07, 6.45) is 6.91. The topological polar surface area (TPSA) is 113 Å². The van der Waals surface area contributed by atoms with Gasteiger partial charge >= 0.3 is 0 Å². The molecule has 4 aliphatic heterocycles. The number of fused-ring (bicyclic) bond motifs is 3. The van der Waals surface area contributed by atoms with E-state index in [2.05, 4.69) is 38.4 Å². The molecule has 210 valence electrons. The van der Waals surface area contributed by atoms with Crippen LogP contribution < -0.4 is 19.7 Å². The Morgan fingerprint density at radius 3 is 2.71 bits per heavy atom. The van der Waals surface area contributed by atoms with Crippen LogP contribution in [0.15, 0.2) is 55.1 Å². The fourth-order valence-electron chi connectivity index (χ4n) is 5.90. The number of hydrogen-bond donors (Lipinski definition) is 1. The maximum absolute atomic E-state index is 9.73. The first-order valence-electron chi connectivity index (χ1n) is 14.8. The van der Waals surface area contributed by atoms with E-state index in [1.54, 1.807) is 31.8 Å². The summed E-state index contributed by atoms with van der Waals surface area (Å²) >= 11 is 0. The summed E-state index contributed by atoms with van der Waals surface area (Å²) in [6.45, 7) is 2.00. The molecule has 1 N–H and O–H groups in total. The van der Waals surface area contributed by atoms with Gasteiger partial charge in [-0.1, -0.05) is 12.1 Å². The van der Waals surface area contributed by atoms with Crippen LogP contribution in [-0.2, 0) is 11.3 Å². The van der Waals surface area contributed by atoms with Gasteiger partial charge in [0, 0.05) is 50.4 Å². The van der Waals surface area contributed by atoms with Crippen LogP contribution in [0.1, 0.15) is 20.3 Å². The lowest BCUT2D eigenvalue weighted by Crippen LogP contribution is -2.68. The molecule has 3 aromatic heterocycles. The lowest BCUT2D eigenvalue weighted by molar-refractivity contribution is -0.00870. The zero-order chi connectivity index (χ0) is 29.6. The van der Waals surface area contributed by atoms with E-state index in [9.17, 15) is 5.26 Å². The molecule has 2 unspecified atom stereocenters. The first kappa shape index (κ1) is 23.5. The Bertz CT molecular complexity index is 1640. The van der Waals surface area contributed by atoms with Crippen LogP contribution >= 0.6 is 0 Å². The number of aromatic nitrogens is 4. The number of morpholine rings is 1. The molecule has 3 atom stereocenters. The summed E-state index contributed by atoms with van der Waals surface area (Å²) in [7, 11) is 1.68. The summed E-state index contributed by atoms with van der Waals surface area (Å²) in [5.41, 5.74) is 3.33. The monoisotopic (exact) mass is 554 g/mol. The van der Waals surface area contributed by atoms with Gasteiger partial charge in [0.15, 0.2) is 0 Å². The van der Waals surface area contributed by atoms with Gasteiger partial charge in [-0.15, -0.1) is 0 Å². The Kier molecular flexibility index (Phi) is 6.28. The van der Waals surface area contributed by atoms with Crippen molar-refractivity contribution in [2.24, 2.45) is 0 Å². The van der Waals surface area contributed by atoms with Gasteiger partial charge in [0.25, 0.3) is 0 Å². The Labute approximate surface area is 241 Å². The van der Waals surface area contributed by atoms with Crippen LogP contribution in [0.3, 0.4) is 0 Å². The number of nitriles is 1. The quantitative estimate of drug-likeness (QED) is 0.349. The van der Waals surface area contributed by atoms with Crippen molar-refractivity contribution in [2.75, 3.05) is 51.4 Å². The Balaban J connectivity index is 1.09. The number of benzene rings is 1. The SMILES string of the molecule is [2H]C([2H])(Oc1cc(-c2cnc(N3CC4CC(C3)N4Cc3ccc(OC)cc3)cn2)c2c(C#N)cnn2c1)[C@@H]1CNCCO1. The third-order valence-corrected chi connectivity index (χ3v) is 8.05. The standard InChI is InChI=1S/C30H32N8O3/c1-39-24-4-2-20(3-5-24)15-37-22-8-23(37)17-36(16-22)29-14-33-28(13-34-29)27-9-25(41-19-26-12-32-6-7-40-26)18-38-30(27)21(10-31)11-35-38/h2-5,9,11,13-14,18,22-23,26,32H,6-8,12,15-17,19H2,1H3/t22?,23?,26-/m0/s1/i19D2. The molecule has 0 spiro atoms. The number of rotatable bonds is 8. The third kappa shape index (κ3) is 5.06. The predicted molar refractivity (Wildman–Crippen MR) is 152 cm³/mol. The third-order valence-electron chi connectivity index (χ3n) is 8.05. The summed E-state index contributed by atoms with van der Waals surface area (Å²) in [5, 5.41) is 17.2. The molecule has 2 bridgehead atoms. The van der Waals surface area contributed by atoms with Crippen LogP contribution in [0.4, 0.5) is 5.82 Å². The minimum Gasteiger partial charge on any atom is -0.497 e. The van der Waals surface area contributed by atoms with E-state index in [1.807, 2.05) is 12.1 Å². The number of hydrogen-bond acceptors (Lipinski definition) is 10. The van der Waals surface area contributed by atoms with E-state index in [0.717, 1.165) is 31.2 Å². The normalized spacial score (nSPS) is 23.3.